The SMILES string of the molecule is CC[C@H]1OC(=O)[C@@](C)(F)C(=O)[C@H](C)[C@@H](O[C@@H]2O[C@H](C)C[C@H](N(C)C)[C@H]2O)[C@@]2(C)C[C@@H](C)C(=NC(C)=O)[C@H](C)[C@@H](CC/C(=N\OCc3ccc(-c4nc(NC(=O)[C@H](C)N)cs4)cn3)CO2)[C@]1(C)O. The van der Waals surface area contributed by atoms with Gasteiger partial charge in [-0.3, -0.25) is 19.4 Å². The van der Waals surface area contributed by atoms with Crippen molar-refractivity contribution in [1.29, 1.82) is 0 Å². The number of hydrogen-bond donors (Lipinski definition) is 4. The molecule has 372 valence electrons. The van der Waals surface area contributed by atoms with E-state index in [0.717, 1.165) is 6.92 Å². The molecule has 67 heavy (non-hydrogen) atoms. The van der Waals surface area contributed by atoms with Gasteiger partial charge in [0.15, 0.2) is 18.7 Å². The lowest BCUT2D eigenvalue weighted by molar-refractivity contribution is -0.296. The molecule has 3 aliphatic heterocycles. The molecule has 2 aromatic rings. The fraction of sp³-hybridized carbons (Fsp3) is 0.702. The highest BCUT2D eigenvalue weighted by molar-refractivity contribution is 7.13. The molecular weight excluding hydrogens is 890 g/mol. The molecule has 0 saturated carbocycles. The second-order valence-electron chi connectivity index (χ2n) is 19.3. The van der Waals surface area contributed by atoms with Crippen LogP contribution in [0.1, 0.15) is 107 Å². The molecule has 2 aromatic heterocycles. The number of aliphatic imine (C=N–C) groups is 1. The van der Waals surface area contributed by atoms with Crippen molar-refractivity contribution in [3.05, 3.63) is 29.4 Å². The number of carbonyl (C=O) groups excluding carboxylic acids is 4. The Labute approximate surface area is 396 Å². The normalized spacial score (nSPS) is 36.4. The van der Waals surface area contributed by atoms with Crippen LogP contribution in [-0.2, 0) is 49.6 Å². The summed E-state index contributed by atoms with van der Waals surface area (Å²) in [6.45, 7) is 15.3. The number of hydrogen-bond acceptors (Lipinski definition) is 17. The van der Waals surface area contributed by atoms with Crippen molar-refractivity contribution in [3.8, 4) is 10.6 Å². The van der Waals surface area contributed by atoms with E-state index in [0.29, 0.717) is 39.9 Å². The highest BCUT2D eigenvalue weighted by Crippen LogP contribution is 2.43. The van der Waals surface area contributed by atoms with Gasteiger partial charge in [-0.2, -0.15) is 0 Å². The number of likely N-dealkylation sites (N-methyl/N-ethyl adjacent to an activating group) is 1. The molecule has 5 heterocycles. The molecule has 0 spiro atoms. The number of cyclic esters (lactones) is 1. The molecule has 0 aliphatic carbocycles. The number of carbonyl (C=O) groups is 4. The minimum absolute atomic E-state index is 0.0320. The lowest BCUT2D eigenvalue weighted by Gasteiger charge is -2.48. The van der Waals surface area contributed by atoms with Crippen molar-refractivity contribution >= 4 is 52.1 Å². The van der Waals surface area contributed by atoms with E-state index in [2.05, 4.69) is 25.4 Å². The summed E-state index contributed by atoms with van der Waals surface area (Å²) in [6, 6.07) is 2.47. The number of nitrogens with zero attached hydrogens (tertiary/aromatic N) is 5. The van der Waals surface area contributed by atoms with E-state index < -0.39 is 94.9 Å². The first kappa shape index (κ1) is 53.8. The summed E-state index contributed by atoms with van der Waals surface area (Å²) in [5, 5.41) is 33.8. The Morgan fingerprint density at radius 2 is 1.85 bits per heavy atom. The molecule has 20 heteroatoms. The van der Waals surface area contributed by atoms with Crippen molar-refractivity contribution in [2.45, 2.75) is 168 Å². The molecule has 2 amide bonds. The van der Waals surface area contributed by atoms with Crippen LogP contribution in [0, 0.1) is 23.7 Å². The molecule has 3 fully saturated rings. The summed E-state index contributed by atoms with van der Waals surface area (Å²) < 4.78 is 42.6. The van der Waals surface area contributed by atoms with Gasteiger partial charge in [0.05, 0.1) is 41.9 Å². The van der Waals surface area contributed by atoms with Crippen LogP contribution in [0.4, 0.5) is 10.2 Å². The fourth-order valence-electron chi connectivity index (χ4n) is 9.66. The second kappa shape index (κ2) is 22.1. The number of aliphatic hydroxyl groups excluding tert-OH is 1. The maximum Gasteiger partial charge on any atom is 0.351 e. The number of pyridine rings is 1. The number of halogens is 1. The molecule has 18 nitrogen and oxygen atoms in total. The van der Waals surface area contributed by atoms with Crippen LogP contribution < -0.4 is 11.1 Å². The Bertz CT molecular complexity index is 2130. The molecule has 2 bridgehead atoms. The van der Waals surface area contributed by atoms with Gasteiger partial charge in [0, 0.05) is 47.7 Å². The zero-order valence-electron chi connectivity index (χ0n) is 40.8. The molecule has 5 rings (SSSR count). The molecule has 3 saturated heterocycles. The van der Waals surface area contributed by atoms with Crippen LogP contribution in [0.3, 0.4) is 0 Å². The molecular formula is C47H70FN7O11S. The Morgan fingerprint density at radius 3 is 2.46 bits per heavy atom. The number of rotatable bonds is 10. The summed E-state index contributed by atoms with van der Waals surface area (Å²) in [5.74, 6) is -6.52. The first-order chi connectivity index (χ1) is 31.3. The number of aliphatic hydroxyl groups is 2. The van der Waals surface area contributed by atoms with Crippen molar-refractivity contribution in [2.75, 3.05) is 26.0 Å². The van der Waals surface area contributed by atoms with Gasteiger partial charge in [-0.25, -0.2) is 19.2 Å². The molecule has 5 N–H and O–H groups in total. The van der Waals surface area contributed by atoms with E-state index in [9.17, 15) is 29.4 Å². The van der Waals surface area contributed by atoms with Crippen molar-refractivity contribution < 1.29 is 57.6 Å². The van der Waals surface area contributed by atoms with Gasteiger partial charge in [0.25, 0.3) is 5.67 Å². The van der Waals surface area contributed by atoms with E-state index in [-0.39, 0.29) is 50.9 Å². The Kier molecular flexibility index (Phi) is 17.7. The van der Waals surface area contributed by atoms with Crippen LogP contribution in [0.2, 0.25) is 0 Å². The van der Waals surface area contributed by atoms with Gasteiger partial charge in [0.1, 0.15) is 28.6 Å². The summed E-state index contributed by atoms with van der Waals surface area (Å²) in [6.07, 6.45) is -3.07. The zero-order valence-corrected chi connectivity index (χ0v) is 41.6. The standard InChI is InChI=1S/C47H70FN7O11S/c1-13-35-47(10,61)33-17-16-32(54-63-22-31-15-14-30(20-50-31)42-53-36(23-67-42)52-41(59)28(6)49)21-62-45(8,19-24(2)37(26(33)4)51-29(7)56)40(27(5)39(58)46(9,48)44(60)65-35)66-43-38(57)34(55(11)12)18-25(3)64-43/h14-15,20,23-28,33-35,38,40,43,57,61H,13,16-19,21-22,49H2,1-12H3,(H,52,59)/b51-37?,54-32+/t24-,25-,26-,27+,28+,33-,34+,35-,38-,40-,43+,45-,46+,47+/m1/s1. The third kappa shape index (κ3) is 12.6. The van der Waals surface area contributed by atoms with Crippen LogP contribution in [0.15, 0.2) is 33.9 Å². The predicted octanol–water partition coefficient (Wildman–Crippen LogP) is 5.03. The quantitative estimate of drug-likeness (QED) is 0.139. The number of aromatic nitrogens is 2. The lowest BCUT2D eigenvalue weighted by Crippen LogP contribution is -2.61. The number of amides is 2. The first-order valence-electron chi connectivity index (χ1n) is 23.0. The highest BCUT2D eigenvalue weighted by Gasteiger charge is 2.56. The van der Waals surface area contributed by atoms with Crippen molar-refractivity contribution in [3.63, 3.8) is 0 Å². The number of oxime groups is 1. The van der Waals surface area contributed by atoms with Crippen LogP contribution in [0.5, 0.6) is 0 Å². The topological polar surface area (TPSA) is 247 Å². The van der Waals surface area contributed by atoms with Gasteiger partial charge in [-0.05, 0) is 105 Å². The zero-order chi connectivity index (χ0) is 49.8. The number of fused-ring (bicyclic) bond motifs is 5. The largest absolute Gasteiger partial charge is 0.457 e. The molecule has 0 aromatic carbocycles. The summed E-state index contributed by atoms with van der Waals surface area (Å²) in [4.78, 5) is 74.7. The van der Waals surface area contributed by atoms with E-state index in [1.165, 1.54) is 32.1 Å². The van der Waals surface area contributed by atoms with E-state index >= 15 is 4.39 Å². The predicted molar refractivity (Wildman–Crippen MR) is 250 cm³/mol. The van der Waals surface area contributed by atoms with Gasteiger partial charge >= 0.3 is 5.97 Å². The third-order valence-electron chi connectivity index (χ3n) is 13.4. The second-order valence-corrected chi connectivity index (χ2v) is 20.2. The number of esters is 1. The molecule has 3 aliphatic rings. The number of Topliss-reactive ketones (excluding diaryl/α,β-unsaturated/α-hetero) is 1. The van der Waals surface area contributed by atoms with Crippen molar-refractivity contribution in [2.24, 2.45) is 39.6 Å². The van der Waals surface area contributed by atoms with Crippen LogP contribution >= 0.6 is 11.3 Å². The molecule has 14 atom stereocenters. The number of anilines is 1. The minimum Gasteiger partial charge on any atom is -0.457 e. The maximum absolute atomic E-state index is 17.0. The monoisotopic (exact) mass is 959 g/mol. The average Bonchev–Trinajstić information content (AvgIpc) is 3.72. The van der Waals surface area contributed by atoms with Gasteiger partial charge in [0.2, 0.25) is 11.8 Å². The number of alkyl halides is 1. The number of ether oxygens (including phenoxy) is 4. The molecule has 0 unspecified atom stereocenters. The Balaban J connectivity index is 1.59. The summed E-state index contributed by atoms with van der Waals surface area (Å²) in [7, 11) is 3.64. The number of ketones is 1. The van der Waals surface area contributed by atoms with Gasteiger partial charge < -0.3 is 49.9 Å². The number of thiazole rings is 1. The van der Waals surface area contributed by atoms with Gasteiger partial charge in [-0.15, -0.1) is 11.3 Å². The first-order valence-corrected chi connectivity index (χ1v) is 23.9. The third-order valence-corrected chi connectivity index (χ3v) is 14.3. The molecule has 0 radical (unpaired) electrons. The van der Waals surface area contributed by atoms with E-state index in [4.69, 9.17) is 29.5 Å². The summed E-state index contributed by atoms with van der Waals surface area (Å²) >= 11 is 1.33. The number of nitrogens with one attached hydrogen (secondary N) is 1. The Morgan fingerprint density at radius 1 is 1.15 bits per heavy atom. The van der Waals surface area contributed by atoms with E-state index in [1.54, 1.807) is 38.4 Å². The Hall–Kier alpha value is -4.15. The lowest BCUT2D eigenvalue weighted by atomic mass is 9.68. The highest BCUT2D eigenvalue weighted by atomic mass is 32.1. The maximum atomic E-state index is 17.0. The average molecular weight is 960 g/mol. The summed E-state index contributed by atoms with van der Waals surface area (Å²) in [5.41, 5.74) is 1.12. The fourth-order valence-corrected chi connectivity index (χ4v) is 10.4. The van der Waals surface area contributed by atoms with Crippen LogP contribution in [0.25, 0.3) is 10.6 Å². The van der Waals surface area contributed by atoms with Crippen molar-refractivity contribution in [1.82, 2.24) is 14.9 Å². The van der Waals surface area contributed by atoms with Crippen LogP contribution in [-0.4, -0.2) is 140 Å². The smallest absolute Gasteiger partial charge is 0.351 e. The number of nitrogens with two attached hydrogens (primary N) is 1. The van der Waals surface area contributed by atoms with E-state index in [1.807, 2.05) is 45.8 Å². The minimum atomic E-state index is -3.20. The van der Waals surface area contributed by atoms with Gasteiger partial charge in [-0.1, -0.05) is 32.9 Å².